The third-order valence-corrected chi connectivity index (χ3v) is 1.87. The van der Waals surface area contributed by atoms with E-state index >= 15 is 0 Å². The summed E-state index contributed by atoms with van der Waals surface area (Å²) in [6.07, 6.45) is 1.36. The Hall–Kier alpha value is -1.10. The van der Waals surface area contributed by atoms with E-state index in [9.17, 15) is 9.59 Å². The zero-order valence-electron chi connectivity index (χ0n) is 9.80. The van der Waals surface area contributed by atoms with E-state index in [1.165, 1.54) is 4.90 Å². The van der Waals surface area contributed by atoms with E-state index < -0.39 is 0 Å². The van der Waals surface area contributed by atoms with Gasteiger partial charge in [0.1, 0.15) is 0 Å². The van der Waals surface area contributed by atoms with Gasteiger partial charge in [0.05, 0.1) is 6.54 Å². The standard InChI is InChI=1S/C10H21N3O2/c1-4-6-11-8-9(14)12-7-5-10(15)13(2)3/h11H,4-8H2,1-3H3,(H,12,14). The number of hydrogen-bond donors (Lipinski definition) is 2. The fourth-order valence-corrected chi connectivity index (χ4v) is 0.974. The van der Waals surface area contributed by atoms with Crippen LogP contribution in [0.1, 0.15) is 19.8 Å². The van der Waals surface area contributed by atoms with Crippen LogP contribution in [0.5, 0.6) is 0 Å². The van der Waals surface area contributed by atoms with Gasteiger partial charge in [0, 0.05) is 27.1 Å². The molecule has 0 aromatic carbocycles. The molecule has 0 atom stereocenters. The summed E-state index contributed by atoms with van der Waals surface area (Å²) in [5.74, 6) is -0.0353. The van der Waals surface area contributed by atoms with Gasteiger partial charge < -0.3 is 15.5 Å². The first-order valence-electron chi connectivity index (χ1n) is 5.25. The van der Waals surface area contributed by atoms with Gasteiger partial charge in [-0.3, -0.25) is 9.59 Å². The molecule has 0 saturated carbocycles. The Kier molecular flexibility index (Phi) is 7.62. The molecule has 0 aliphatic heterocycles. The normalized spacial score (nSPS) is 9.80. The van der Waals surface area contributed by atoms with Crippen molar-refractivity contribution in [2.24, 2.45) is 0 Å². The molecule has 0 bridgehead atoms. The molecule has 5 nitrogen and oxygen atoms in total. The first kappa shape index (κ1) is 13.9. The molecule has 5 heteroatoms. The lowest BCUT2D eigenvalue weighted by Crippen LogP contribution is -2.36. The molecule has 0 spiro atoms. The van der Waals surface area contributed by atoms with Crippen LogP contribution in [0.3, 0.4) is 0 Å². The fourth-order valence-electron chi connectivity index (χ4n) is 0.974. The van der Waals surface area contributed by atoms with Crippen LogP contribution in [0, 0.1) is 0 Å². The van der Waals surface area contributed by atoms with E-state index in [0.717, 1.165) is 13.0 Å². The number of carbonyl (C=O) groups excluding carboxylic acids is 2. The zero-order valence-corrected chi connectivity index (χ0v) is 9.80. The SMILES string of the molecule is CCCNCC(=O)NCCC(=O)N(C)C. The number of nitrogens with one attached hydrogen (secondary N) is 2. The lowest BCUT2D eigenvalue weighted by Gasteiger charge is -2.10. The molecule has 0 fully saturated rings. The Labute approximate surface area is 91.2 Å². The molecule has 0 saturated heterocycles. The van der Waals surface area contributed by atoms with Crippen LogP contribution in [-0.2, 0) is 9.59 Å². The molecule has 15 heavy (non-hydrogen) atoms. The van der Waals surface area contributed by atoms with Crippen molar-refractivity contribution in [2.45, 2.75) is 19.8 Å². The van der Waals surface area contributed by atoms with Gasteiger partial charge in [-0.15, -0.1) is 0 Å². The third kappa shape index (κ3) is 7.93. The van der Waals surface area contributed by atoms with E-state index in [2.05, 4.69) is 10.6 Å². The molecular formula is C10H21N3O2. The number of carbonyl (C=O) groups is 2. The number of nitrogens with zero attached hydrogens (tertiary/aromatic N) is 1. The number of rotatable bonds is 7. The molecular weight excluding hydrogens is 194 g/mol. The van der Waals surface area contributed by atoms with E-state index in [1.807, 2.05) is 6.92 Å². The van der Waals surface area contributed by atoms with Gasteiger partial charge in [-0.2, -0.15) is 0 Å². The maximum absolute atomic E-state index is 11.2. The predicted molar refractivity (Wildman–Crippen MR) is 59.5 cm³/mol. The summed E-state index contributed by atoms with van der Waals surface area (Å²) in [5.41, 5.74) is 0. The Morgan fingerprint density at radius 2 is 1.87 bits per heavy atom. The first-order valence-corrected chi connectivity index (χ1v) is 5.25. The molecule has 88 valence electrons. The summed E-state index contributed by atoms with van der Waals surface area (Å²) in [6, 6.07) is 0. The van der Waals surface area contributed by atoms with Crippen molar-refractivity contribution in [2.75, 3.05) is 33.7 Å². The summed E-state index contributed by atoms with van der Waals surface area (Å²) < 4.78 is 0. The number of hydrogen-bond acceptors (Lipinski definition) is 3. The van der Waals surface area contributed by atoms with Crippen molar-refractivity contribution in [3.8, 4) is 0 Å². The van der Waals surface area contributed by atoms with E-state index in [4.69, 9.17) is 0 Å². The monoisotopic (exact) mass is 215 g/mol. The van der Waals surface area contributed by atoms with Gasteiger partial charge in [-0.05, 0) is 13.0 Å². The lowest BCUT2D eigenvalue weighted by molar-refractivity contribution is -0.128. The average molecular weight is 215 g/mol. The fraction of sp³-hybridized carbons (Fsp3) is 0.800. The molecule has 0 aromatic rings. The quantitative estimate of drug-likeness (QED) is 0.567. The van der Waals surface area contributed by atoms with Crippen molar-refractivity contribution in [1.29, 1.82) is 0 Å². The zero-order chi connectivity index (χ0) is 11.7. The molecule has 0 aliphatic carbocycles. The number of amides is 2. The largest absolute Gasteiger partial charge is 0.354 e. The van der Waals surface area contributed by atoms with E-state index in [-0.39, 0.29) is 11.8 Å². The molecule has 0 unspecified atom stereocenters. The minimum atomic E-state index is -0.0602. The molecule has 0 rings (SSSR count). The lowest BCUT2D eigenvalue weighted by atomic mass is 10.3. The van der Waals surface area contributed by atoms with Crippen molar-refractivity contribution in [1.82, 2.24) is 15.5 Å². The van der Waals surface area contributed by atoms with Gasteiger partial charge in [-0.1, -0.05) is 6.92 Å². The van der Waals surface area contributed by atoms with Crippen LogP contribution >= 0.6 is 0 Å². The van der Waals surface area contributed by atoms with Crippen LogP contribution in [0.4, 0.5) is 0 Å². The van der Waals surface area contributed by atoms with Crippen LogP contribution in [0.2, 0.25) is 0 Å². The topological polar surface area (TPSA) is 61.4 Å². The Morgan fingerprint density at radius 3 is 2.40 bits per heavy atom. The van der Waals surface area contributed by atoms with Crippen molar-refractivity contribution in [3.05, 3.63) is 0 Å². The second-order valence-electron chi connectivity index (χ2n) is 3.56. The van der Waals surface area contributed by atoms with E-state index in [0.29, 0.717) is 19.5 Å². The van der Waals surface area contributed by atoms with Gasteiger partial charge in [0.2, 0.25) is 11.8 Å². The highest BCUT2D eigenvalue weighted by Crippen LogP contribution is 1.84. The van der Waals surface area contributed by atoms with Crippen molar-refractivity contribution < 1.29 is 9.59 Å². The average Bonchev–Trinajstić information content (AvgIpc) is 2.18. The van der Waals surface area contributed by atoms with Crippen molar-refractivity contribution >= 4 is 11.8 Å². The van der Waals surface area contributed by atoms with Gasteiger partial charge in [0.25, 0.3) is 0 Å². The second kappa shape index (κ2) is 8.23. The molecule has 0 heterocycles. The molecule has 0 radical (unpaired) electrons. The highest BCUT2D eigenvalue weighted by molar-refractivity contribution is 5.79. The van der Waals surface area contributed by atoms with Crippen LogP contribution in [0.25, 0.3) is 0 Å². The van der Waals surface area contributed by atoms with Gasteiger partial charge >= 0.3 is 0 Å². The van der Waals surface area contributed by atoms with Gasteiger partial charge in [0.15, 0.2) is 0 Å². The van der Waals surface area contributed by atoms with Crippen LogP contribution < -0.4 is 10.6 Å². The summed E-state index contributed by atoms with van der Waals surface area (Å²) >= 11 is 0. The summed E-state index contributed by atoms with van der Waals surface area (Å²) in [6.45, 7) is 3.61. The predicted octanol–water partition coefficient (Wildman–Crippen LogP) is -0.419. The summed E-state index contributed by atoms with van der Waals surface area (Å²) in [7, 11) is 3.40. The smallest absolute Gasteiger partial charge is 0.233 e. The molecule has 0 aliphatic rings. The highest BCUT2D eigenvalue weighted by Gasteiger charge is 2.04. The van der Waals surface area contributed by atoms with Crippen LogP contribution in [0.15, 0.2) is 0 Å². The molecule has 2 amide bonds. The second-order valence-corrected chi connectivity index (χ2v) is 3.56. The molecule has 2 N–H and O–H groups in total. The van der Waals surface area contributed by atoms with Crippen molar-refractivity contribution in [3.63, 3.8) is 0 Å². The molecule has 0 aromatic heterocycles. The highest BCUT2D eigenvalue weighted by atomic mass is 16.2. The van der Waals surface area contributed by atoms with E-state index in [1.54, 1.807) is 14.1 Å². The first-order chi connectivity index (χ1) is 7.07. The third-order valence-electron chi connectivity index (χ3n) is 1.87. The minimum absolute atomic E-state index is 0.0248. The Bertz CT molecular complexity index is 205. The summed E-state index contributed by atoms with van der Waals surface area (Å²) in [4.78, 5) is 23.8. The van der Waals surface area contributed by atoms with Crippen LogP contribution in [-0.4, -0.2) is 50.4 Å². The minimum Gasteiger partial charge on any atom is -0.354 e. The Morgan fingerprint density at radius 1 is 1.20 bits per heavy atom. The summed E-state index contributed by atoms with van der Waals surface area (Å²) in [5, 5.41) is 5.67. The maximum Gasteiger partial charge on any atom is 0.233 e. The maximum atomic E-state index is 11.2. The van der Waals surface area contributed by atoms with Gasteiger partial charge in [-0.25, -0.2) is 0 Å². The Balaban J connectivity index is 3.42.